The zero-order valence-corrected chi connectivity index (χ0v) is 15.3. The van der Waals surface area contributed by atoms with Gasteiger partial charge in [0.2, 0.25) is 0 Å². The van der Waals surface area contributed by atoms with Gasteiger partial charge in [-0.25, -0.2) is 9.37 Å². The quantitative estimate of drug-likeness (QED) is 0.482. The highest BCUT2D eigenvalue weighted by atomic mass is 19.1. The molecule has 0 spiro atoms. The first-order chi connectivity index (χ1) is 13.5. The van der Waals surface area contributed by atoms with Gasteiger partial charge in [-0.2, -0.15) is 0 Å². The van der Waals surface area contributed by atoms with E-state index in [9.17, 15) is 14.6 Å². The first kappa shape index (κ1) is 17.7. The second-order valence-electron chi connectivity index (χ2n) is 6.43. The van der Waals surface area contributed by atoms with Crippen molar-refractivity contribution < 1.29 is 19.3 Å². The number of methoxy groups -OCH3 is 1. The summed E-state index contributed by atoms with van der Waals surface area (Å²) in [6.45, 7) is 1.96. The minimum atomic E-state index is -0.800. The minimum Gasteiger partial charge on any atom is -0.508 e. The summed E-state index contributed by atoms with van der Waals surface area (Å²) in [7, 11) is 1.36. The summed E-state index contributed by atoms with van der Waals surface area (Å²) in [6.07, 6.45) is 1.91. The Balaban J connectivity index is 1.94. The molecule has 0 radical (unpaired) electrons. The van der Waals surface area contributed by atoms with E-state index in [0.717, 1.165) is 5.56 Å². The van der Waals surface area contributed by atoms with Crippen LogP contribution in [-0.4, -0.2) is 26.7 Å². The van der Waals surface area contributed by atoms with Gasteiger partial charge in [0.05, 0.1) is 7.11 Å². The van der Waals surface area contributed by atoms with Gasteiger partial charge < -0.3 is 20.3 Å². The molecule has 0 saturated carbocycles. The Hall–Kier alpha value is -3.74. The molecule has 0 amide bonds. The fourth-order valence-electron chi connectivity index (χ4n) is 3.06. The van der Waals surface area contributed by atoms with Gasteiger partial charge in [-0.3, -0.25) is 4.40 Å². The molecule has 2 aromatic carbocycles. The number of rotatable bonds is 4. The number of imidazole rings is 1. The zero-order chi connectivity index (χ0) is 19.8. The van der Waals surface area contributed by atoms with E-state index >= 15 is 0 Å². The van der Waals surface area contributed by atoms with Crippen molar-refractivity contribution in [3.63, 3.8) is 0 Å². The molecule has 0 unspecified atom stereocenters. The summed E-state index contributed by atoms with van der Waals surface area (Å²) < 4.78 is 21.2. The Morgan fingerprint density at radius 1 is 1.11 bits per heavy atom. The number of hydrogen-bond acceptors (Lipinski definition) is 5. The molecule has 142 valence electrons. The van der Waals surface area contributed by atoms with Crippen molar-refractivity contribution >= 4 is 17.2 Å². The number of hydrogen-bond donors (Lipinski definition) is 3. The lowest BCUT2D eigenvalue weighted by Crippen LogP contribution is -1.98. The summed E-state index contributed by atoms with van der Waals surface area (Å²) in [6, 6.07) is 13.2. The smallest absolute Gasteiger partial charge is 0.194 e. The van der Waals surface area contributed by atoms with Crippen LogP contribution in [0.25, 0.3) is 16.9 Å². The van der Waals surface area contributed by atoms with Crippen molar-refractivity contribution in [1.82, 2.24) is 9.38 Å². The molecule has 0 aliphatic rings. The van der Waals surface area contributed by atoms with Crippen LogP contribution in [0.5, 0.6) is 17.2 Å². The SMILES string of the molecule is COc1cc(-c2nc3ccc(C)cn3c2Nc2cccc(O)c2)cc(F)c1O. The third-order valence-corrected chi connectivity index (χ3v) is 4.40. The molecule has 0 bridgehead atoms. The predicted octanol–water partition coefficient (Wildman–Crippen LogP) is 4.61. The summed E-state index contributed by atoms with van der Waals surface area (Å²) in [5.74, 6) is -0.615. The maximum Gasteiger partial charge on any atom is 0.194 e. The van der Waals surface area contributed by atoms with E-state index in [1.165, 1.54) is 19.2 Å². The van der Waals surface area contributed by atoms with Crippen LogP contribution in [0.4, 0.5) is 15.9 Å². The van der Waals surface area contributed by atoms with Crippen molar-refractivity contribution in [3.8, 4) is 28.5 Å². The number of fused-ring (bicyclic) bond motifs is 1. The number of benzene rings is 2. The monoisotopic (exact) mass is 379 g/mol. The minimum absolute atomic E-state index is 0.0199. The number of anilines is 2. The standard InChI is InChI=1S/C21H18FN3O3/c1-12-6-7-18-24-19(13-8-16(22)20(27)17(9-13)28-2)21(25(18)11-12)23-14-4-3-5-15(26)10-14/h3-11,23,26-27H,1-2H3. The topological polar surface area (TPSA) is 79.0 Å². The van der Waals surface area contributed by atoms with Gasteiger partial charge in [-0.15, -0.1) is 0 Å². The highest BCUT2D eigenvalue weighted by Gasteiger charge is 2.19. The molecule has 2 aromatic heterocycles. The molecule has 7 heteroatoms. The third-order valence-electron chi connectivity index (χ3n) is 4.40. The van der Waals surface area contributed by atoms with E-state index in [1.54, 1.807) is 24.3 Å². The zero-order valence-electron chi connectivity index (χ0n) is 15.3. The van der Waals surface area contributed by atoms with Crippen LogP contribution in [0.1, 0.15) is 5.56 Å². The second kappa shape index (κ2) is 6.77. The van der Waals surface area contributed by atoms with Crippen LogP contribution in [0.3, 0.4) is 0 Å². The first-order valence-corrected chi connectivity index (χ1v) is 8.58. The summed E-state index contributed by atoms with van der Waals surface area (Å²) >= 11 is 0. The Kier molecular flexibility index (Phi) is 4.27. The highest BCUT2D eigenvalue weighted by Crippen LogP contribution is 2.38. The fraction of sp³-hybridized carbons (Fsp3) is 0.0952. The lowest BCUT2D eigenvalue weighted by Gasteiger charge is -2.11. The number of aromatic hydroxyl groups is 2. The molecule has 0 saturated heterocycles. The number of aryl methyl sites for hydroxylation is 1. The van der Waals surface area contributed by atoms with Crippen molar-refractivity contribution in [2.75, 3.05) is 12.4 Å². The van der Waals surface area contributed by atoms with Gasteiger partial charge in [-0.1, -0.05) is 12.1 Å². The third kappa shape index (κ3) is 3.07. The number of phenols is 2. The van der Waals surface area contributed by atoms with Gasteiger partial charge in [0.15, 0.2) is 17.3 Å². The number of pyridine rings is 1. The van der Waals surface area contributed by atoms with Crippen molar-refractivity contribution in [2.24, 2.45) is 0 Å². The van der Waals surface area contributed by atoms with E-state index in [4.69, 9.17) is 4.74 Å². The van der Waals surface area contributed by atoms with E-state index in [1.807, 2.05) is 29.7 Å². The molecule has 0 aliphatic carbocycles. The van der Waals surface area contributed by atoms with E-state index in [-0.39, 0.29) is 11.5 Å². The normalized spacial score (nSPS) is 11.0. The van der Waals surface area contributed by atoms with Crippen LogP contribution < -0.4 is 10.1 Å². The molecule has 4 rings (SSSR count). The number of ether oxygens (including phenoxy) is 1. The molecule has 3 N–H and O–H groups in total. The Labute approximate surface area is 160 Å². The molecule has 0 fully saturated rings. The Morgan fingerprint density at radius 2 is 1.93 bits per heavy atom. The summed E-state index contributed by atoms with van der Waals surface area (Å²) in [5.41, 5.74) is 3.25. The number of nitrogens with zero attached hydrogens (tertiary/aromatic N) is 2. The number of aromatic nitrogens is 2. The van der Waals surface area contributed by atoms with Gasteiger partial charge >= 0.3 is 0 Å². The van der Waals surface area contributed by atoms with E-state index in [0.29, 0.717) is 28.4 Å². The average molecular weight is 379 g/mol. The van der Waals surface area contributed by atoms with Gasteiger partial charge in [-0.05, 0) is 42.8 Å². The molecule has 6 nitrogen and oxygen atoms in total. The molecule has 28 heavy (non-hydrogen) atoms. The van der Waals surface area contributed by atoms with Gasteiger partial charge in [0.25, 0.3) is 0 Å². The summed E-state index contributed by atoms with van der Waals surface area (Å²) in [5, 5.41) is 22.8. The molecular weight excluding hydrogens is 361 g/mol. The largest absolute Gasteiger partial charge is 0.508 e. The number of nitrogens with one attached hydrogen (secondary N) is 1. The molecular formula is C21H18FN3O3. The maximum absolute atomic E-state index is 14.2. The number of halogens is 1. The van der Waals surface area contributed by atoms with E-state index in [2.05, 4.69) is 10.3 Å². The predicted molar refractivity (Wildman–Crippen MR) is 105 cm³/mol. The fourth-order valence-corrected chi connectivity index (χ4v) is 3.06. The molecule has 4 aromatic rings. The molecule has 2 heterocycles. The van der Waals surface area contributed by atoms with Gasteiger partial charge in [0.1, 0.15) is 22.9 Å². The molecule has 0 aliphatic heterocycles. The highest BCUT2D eigenvalue weighted by molar-refractivity contribution is 5.81. The lowest BCUT2D eigenvalue weighted by molar-refractivity contribution is 0.357. The van der Waals surface area contributed by atoms with Crippen molar-refractivity contribution in [2.45, 2.75) is 6.92 Å². The maximum atomic E-state index is 14.2. The Bertz CT molecular complexity index is 1190. The van der Waals surface area contributed by atoms with Crippen LogP contribution in [0.15, 0.2) is 54.7 Å². The molecule has 0 atom stereocenters. The first-order valence-electron chi connectivity index (χ1n) is 8.58. The van der Waals surface area contributed by atoms with Crippen LogP contribution >= 0.6 is 0 Å². The average Bonchev–Trinajstić information content (AvgIpc) is 3.01. The van der Waals surface area contributed by atoms with Crippen LogP contribution in [0.2, 0.25) is 0 Å². The Morgan fingerprint density at radius 3 is 2.68 bits per heavy atom. The van der Waals surface area contributed by atoms with Crippen molar-refractivity contribution in [3.05, 3.63) is 66.1 Å². The lowest BCUT2D eigenvalue weighted by atomic mass is 10.1. The van der Waals surface area contributed by atoms with Crippen LogP contribution in [0, 0.1) is 12.7 Å². The number of phenolic OH excluding ortho intramolecular Hbond substituents is 2. The van der Waals surface area contributed by atoms with E-state index < -0.39 is 11.6 Å². The second-order valence-corrected chi connectivity index (χ2v) is 6.43. The van der Waals surface area contributed by atoms with Crippen molar-refractivity contribution in [1.29, 1.82) is 0 Å². The summed E-state index contributed by atoms with van der Waals surface area (Å²) in [4.78, 5) is 4.62. The van der Waals surface area contributed by atoms with Crippen LogP contribution in [-0.2, 0) is 0 Å². The van der Waals surface area contributed by atoms with Gasteiger partial charge in [0, 0.05) is 23.5 Å².